The number of anilines is 1. The molecule has 0 atom stereocenters. The SMILES string of the molecule is N#Cc1ccc2[nH]cc(CCCCN3CCN(c4ccc(Sc5ncccc5Cl)cc4)CC3)c2c1. The zero-order valence-corrected chi connectivity index (χ0v) is 21.2. The van der Waals surface area contributed by atoms with Gasteiger partial charge in [0.05, 0.1) is 16.7 Å². The first-order valence-electron chi connectivity index (χ1n) is 12.1. The van der Waals surface area contributed by atoms with Crippen LogP contribution in [0.1, 0.15) is 24.0 Å². The fourth-order valence-corrected chi connectivity index (χ4v) is 5.63. The van der Waals surface area contributed by atoms with E-state index >= 15 is 0 Å². The van der Waals surface area contributed by atoms with Crippen LogP contribution in [-0.2, 0) is 6.42 Å². The maximum Gasteiger partial charge on any atom is 0.119 e. The Bertz CT molecular complexity index is 1320. The van der Waals surface area contributed by atoms with Gasteiger partial charge in [-0.25, -0.2) is 4.98 Å². The van der Waals surface area contributed by atoms with Crippen molar-refractivity contribution >= 4 is 40.0 Å². The Labute approximate surface area is 215 Å². The Hall–Kier alpha value is -2.98. The van der Waals surface area contributed by atoms with E-state index in [-0.39, 0.29) is 0 Å². The zero-order chi connectivity index (χ0) is 24.0. The number of aromatic amines is 1. The molecule has 35 heavy (non-hydrogen) atoms. The molecule has 0 radical (unpaired) electrons. The number of halogens is 1. The number of aryl methyl sites for hydroxylation is 1. The largest absolute Gasteiger partial charge is 0.369 e. The number of nitrogens with one attached hydrogen (secondary N) is 1. The van der Waals surface area contributed by atoms with Crippen LogP contribution in [0.4, 0.5) is 5.69 Å². The van der Waals surface area contributed by atoms with Gasteiger partial charge in [0.1, 0.15) is 5.03 Å². The van der Waals surface area contributed by atoms with Crippen LogP contribution in [-0.4, -0.2) is 47.6 Å². The fraction of sp³-hybridized carbons (Fsp3) is 0.286. The highest BCUT2D eigenvalue weighted by Gasteiger charge is 2.17. The number of aromatic nitrogens is 2. The van der Waals surface area contributed by atoms with Crippen molar-refractivity contribution in [2.24, 2.45) is 0 Å². The molecule has 0 bridgehead atoms. The monoisotopic (exact) mass is 501 g/mol. The molecular formula is C28H28ClN5S. The Morgan fingerprint density at radius 1 is 1.03 bits per heavy atom. The number of H-pyrrole nitrogens is 1. The van der Waals surface area contributed by atoms with Gasteiger partial charge < -0.3 is 9.88 Å². The molecule has 178 valence electrons. The number of rotatable bonds is 8. The number of nitriles is 1. The van der Waals surface area contributed by atoms with Crippen molar-refractivity contribution in [1.82, 2.24) is 14.9 Å². The lowest BCUT2D eigenvalue weighted by molar-refractivity contribution is 0.253. The van der Waals surface area contributed by atoms with E-state index in [1.54, 1.807) is 18.0 Å². The third-order valence-electron chi connectivity index (χ3n) is 6.58. The summed E-state index contributed by atoms with van der Waals surface area (Å²) in [7, 11) is 0. The number of fused-ring (bicyclic) bond motifs is 1. The van der Waals surface area contributed by atoms with Gasteiger partial charge in [0, 0.05) is 60.1 Å². The van der Waals surface area contributed by atoms with Crippen molar-refractivity contribution in [3.05, 3.63) is 83.1 Å². The van der Waals surface area contributed by atoms with Crippen LogP contribution in [0.15, 0.2) is 76.9 Å². The van der Waals surface area contributed by atoms with Gasteiger partial charge >= 0.3 is 0 Å². The first-order valence-corrected chi connectivity index (χ1v) is 13.2. The molecule has 1 N–H and O–H groups in total. The zero-order valence-electron chi connectivity index (χ0n) is 19.6. The van der Waals surface area contributed by atoms with Crippen molar-refractivity contribution in [1.29, 1.82) is 5.26 Å². The van der Waals surface area contributed by atoms with Crippen molar-refractivity contribution < 1.29 is 0 Å². The maximum absolute atomic E-state index is 9.17. The number of benzene rings is 2. The Morgan fingerprint density at radius 2 is 1.86 bits per heavy atom. The van der Waals surface area contributed by atoms with E-state index in [4.69, 9.17) is 11.6 Å². The quantitative estimate of drug-likeness (QED) is 0.284. The van der Waals surface area contributed by atoms with Gasteiger partial charge in [-0.15, -0.1) is 0 Å². The molecule has 0 amide bonds. The highest BCUT2D eigenvalue weighted by atomic mass is 35.5. The number of hydrogen-bond acceptors (Lipinski definition) is 5. The van der Waals surface area contributed by atoms with E-state index < -0.39 is 0 Å². The minimum absolute atomic E-state index is 0.687. The number of unbranched alkanes of at least 4 members (excludes halogenated alkanes) is 1. The highest BCUT2D eigenvalue weighted by Crippen LogP contribution is 2.32. The molecule has 0 unspecified atom stereocenters. The topological polar surface area (TPSA) is 59.0 Å². The van der Waals surface area contributed by atoms with Gasteiger partial charge in [-0.2, -0.15) is 5.26 Å². The third kappa shape index (κ3) is 5.82. The van der Waals surface area contributed by atoms with E-state index in [9.17, 15) is 5.26 Å². The second-order valence-corrected chi connectivity index (χ2v) is 10.3. The maximum atomic E-state index is 9.17. The summed E-state index contributed by atoms with van der Waals surface area (Å²) in [6, 6.07) is 20.5. The molecule has 2 aromatic heterocycles. The van der Waals surface area contributed by atoms with E-state index in [2.05, 4.69) is 56.3 Å². The molecule has 0 spiro atoms. The molecule has 0 saturated carbocycles. The number of piperazine rings is 1. The molecular weight excluding hydrogens is 474 g/mol. The molecule has 5 nitrogen and oxygen atoms in total. The summed E-state index contributed by atoms with van der Waals surface area (Å²) in [5.74, 6) is 0. The lowest BCUT2D eigenvalue weighted by Gasteiger charge is -2.36. The molecule has 1 fully saturated rings. The van der Waals surface area contributed by atoms with Gasteiger partial charge in [-0.3, -0.25) is 4.90 Å². The smallest absolute Gasteiger partial charge is 0.119 e. The van der Waals surface area contributed by atoms with Gasteiger partial charge in [0.25, 0.3) is 0 Å². The summed E-state index contributed by atoms with van der Waals surface area (Å²) < 4.78 is 0. The van der Waals surface area contributed by atoms with Crippen molar-refractivity contribution in [2.75, 3.05) is 37.6 Å². The summed E-state index contributed by atoms with van der Waals surface area (Å²) in [5.41, 5.74) is 4.43. The van der Waals surface area contributed by atoms with Crippen molar-refractivity contribution in [2.45, 2.75) is 29.2 Å². The van der Waals surface area contributed by atoms with Crippen LogP contribution in [0.25, 0.3) is 10.9 Å². The molecule has 1 aliphatic heterocycles. The van der Waals surface area contributed by atoms with E-state index in [1.165, 1.54) is 23.1 Å². The van der Waals surface area contributed by atoms with Crippen LogP contribution in [0.5, 0.6) is 0 Å². The van der Waals surface area contributed by atoms with Crippen LogP contribution >= 0.6 is 23.4 Å². The number of pyridine rings is 1. The van der Waals surface area contributed by atoms with Gasteiger partial charge in [0.2, 0.25) is 0 Å². The van der Waals surface area contributed by atoms with Crippen LogP contribution in [0, 0.1) is 11.3 Å². The summed E-state index contributed by atoms with van der Waals surface area (Å²) in [6.07, 6.45) is 7.26. The first-order chi connectivity index (χ1) is 17.2. The Balaban J connectivity index is 1.06. The molecule has 1 aliphatic rings. The molecule has 5 rings (SSSR count). The van der Waals surface area contributed by atoms with Gasteiger partial charge in [0.15, 0.2) is 0 Å². The predicted octanol–water partition coefficient (Wildman–Crippen LogP) is 6.38. The highest BCUT2D eigenvalue weighted by molar-refractivity contribution is 7.99. The number of hydrogen-bond donors (Lipinski definition) is 1. The van der Waals surface area contributed by atoms with Gasteiger partial charge in [-0.1, -0.05) is 23.4 Å². The molecule has 1 saturated heterocycles. The van der Waals surface area contributed by atoms with E-state index in [0.29, 0.717) is 5.02 Å². The normalized spacial score (nSPS) is 14.3. The molecule has 3 heterocycles. The van der Waals surface area contributed by atoms with Crippen molar-refractivity contribution in [3.8, 4) is 6.07 Å². The fourth-order valence-electron chi connectivity index (χ4n) is 4.62. The Kier molecular flexibility index (Phi) is 7.58. The predicted molar refractivity (Wildman–Crippen MR) is 144 cm³/mol. The van der Waals surface area contributed by atoms with Crippen LogP contribution in [0.2, 0.25) is 5.02 Å². The van der Waals surface area contributed by atoms with Crippen LogP contribution in [0.3, 0.4) is 0 Å². The molecule has 4 aromatic rings. The summed E-state index contributed by atoms with van der Waals surface area (Å²) in [6.45, 7) is 5.44. The van der Waals surface area contributed by atoms with E-state index in [1.807, 2.05) is 30.3 Å². The average molecular weight is 502 g/mol. The Morgan fingerprint density at radius 3 is 2.63 bits per heavy atom. The summed E-state index contributed by atoms with van der Waals surface area (Å²) in [5, 5.41) is 11.9. The number of nitrogens with zero attached hydrogens (tertiary/aromatic N) is 4. The standard InChI is InChI=1S/C28H28ClN5S/c29-26-5-3-12-31-28(26)35-24-9-7-23(8-10-24)34-16-14-33(15-17-34)13-2-1-4-22-20-32-27-11-6-21(19-30)18-25(22)27/h3,5-12,18,20,32H,1-2,4,13-17H2. The second-order valence-electron chi connectivity index (χ2n) is 8.86. The van der Waals surface area contributed by atoms with Gasteiger partial charge in [-0.05, 0) is 86.0 Å². The minimum Gasteiger partial charge on any atom is -0.369 e. The minimum atomic E-state index is 0.687. The molecule has 0 aliphatic carbocycles. The average Bonchev–Trinajstić information content (AvgIpc) is 3.31. The molecule has 2 aromatic carbocycles. The third-order valence-corrected chi connectivity index (χ3v) is 8.02. The lowest BCUT2D eigenvalue weighted by atomic mass is 10.1. The summed E-state index contributed by atoms with van der Waals surface area (Å²) in [4.78, 5) is 13.9. The second kappa shape index (κ2) is 11.2. The lowest BCUT2D eigenvalue weighted by Crippen LogP contribution is -2.46. The van der Waals surface area contributed by atoms with Crippen LogP contribution < -0.4 is 4.90 Å². The summed E-state index contributed by atoms with van der Waals surface area (Å²) >= 11 is 7.83. The van der Waals surface area contributed by atoms with Crippen molar-refractivity contribution in [3.63, 3.8) is 0 Å². The first kappa shape index (κ1) is 23.7. The van der Waals surface area contributed by atoms with E-state index in [0.717, 1.165) is 66.6 Å². The molecule has 7 heteroatoms.